The first-order chi connectivity index (χ1) is 11.2. The van der Waals surface area contributed by atoms with Crippen LogP contribution >= 0.6 is 0 Å². The summed E-state index contributed by atoms with van der Waals surface area (Å²) in [4.78, 5) is 12.2. The van der Waals surface area contributed by atoms with Crippen LogP contribution in [0.1, 0.15) is 30.9 Å². The summed E-state index contributed by atoms with van der Waals surface area (Å²) in [6.07, 6.45) is 0.845. The fourth-order valence-corrected chi connectivity index (χ4v) is 3.86. The molecule has 1 heterocycles. The maximum atomic E-state index is 12.4. The van der Waals surface area contributed by atoms with Crippen molar-refractivity contribution < 1.29 is 17.7 Å². The molecule has 0 aliphatic rings. The van der Waals surface area contributed by atoms with Gasteiger partial charge in [0.15, 0.2) is 5.76 Å². The number of hydrogen-bond acceptors (Lipinski definition) is 5. The zero-order chi connectivity index (χ0) is 17.9. The number of benzene rings is 1. The van der Waals surface area contributed by atoms with Gasteiger partial charge < -0.3 is 9.84 Å². The summed E-state index contributed by atoms with van der Waals surface area (Å²) in [5.74, 6) is -0.262. The Labute approximate surface area is 141 Å². The summed E-state index contributed by atoms with van der Waals surface area (Å²) in [7, 11) is -3.89. The van der Waals surface area contributed by atoms with E-state index in [1.807, 2.05) is 25.1 Å². The molecule has 0 aliphatic heterocycles. The van der Waals surface area contributed by atoms with Crippen LogP contribution in [0.15, 0.2) is 33.7 Å². The maximum Gasteiger partial charge on any atom is 0.246 e. The Morgan fingerprint density at radius 1 is 1.33 bits per heavy atom. The van der Waals surface area contributed by atoms with Crippen LogP contribution < -0.4 is 10.0 Å². The van der Waals surface area contributed by atoms with Gasteiger partial charge in [0.1, 0.15) is 10.6 Å². The molecule has 1 aromatic carbocycles. The highest BCUT2D eigenvalue weighted by atomic mass is 32.2. The topological polar surface area (TPSA) is 101 Å². The highest BCUT2D eigenvalue weighted by molar-refractivity contribution is 7.89. The van der Waals surface area contributed by atoms with Crippen molar-refractivity contribution in [3.05, 3.63) is 41.3 Å². The quantitative estimate of drug-likeness (QED) is 0.830. The van der Waals surface area contributed by atoms with Crippen LogP contribution in [0.2, 0.25) is 0 Å². The summed E-state index contributed by atoms with van der Waals surface area (Å²) in [6, 6.07) is 6.46. The second-order valence-corrected chi connectivity index (χ2v) is 7.19. The van der Waals surface area contributed by atoms with Gasteiger partial charge >= 0.3 is 0 Å². The van der Waals surface area contributed by atoms with Crippen molar-refractivity contribution in [2.45, 2.75) is 45.1 Å². The molecule has 0 fully saturated rings. The molecule has 0 radical (unpaired) electrons. The number of aryl methyl sites for hydroxylation is 3. The van der Waals surface area contributed by atoms with E-state index in [2.05, 4.69) is 15.2 Å². The van der Waals surface area contributed by atoms with Crippen LogP contribution in [-0.4, -0.2) is 25.5 Å². The normalized spacial score (nSPS) is 12.8. The minimum Gasteiger partial charge on any atom is -0.360 e. The lowest BCUT2D eigenvalue weighted by molar-refractivity contribution is -0.117. The number of anilines is 1. The molecule has 1 amide bonds. The van der Waals surface area contributed by atoms with Gasteiger partial charge in [0, 0.05) is 5.69 Å². The van der Waals surface area contributed by atoms with Gasteiger partial charge in [0.25, 0.3) is 0 Å². The Kier molecular flexibility index (Phi) is 5.40. The van der Waals surface area contributed by atoms with Crippen LogP contribution in [-0.2, 0) is 21.2 Å². The molecule has 8 heteroatoms. The average Bonchev–Trinajstić information content (AvgIpc) is 2.86. The summed E-state index contributed by atoms with van der Waals surface area (Å²) in [5, 5.41) is 6.34. The third kappa shape index (κ3) is 4.01. The van der Waals surface area contributed by atoms with Crippen molar-refractivity contribution in [3.63, 3.8) is 0 Å². The Balaban J connectivity index is 2.11. The van der Waals surface area contributed by atoms with Crippen LogP contribution in [0.4, 0.5) is 5.69 Å². The van der Waals surface area contributed by atoms with Crippen molar-refractivity contribution in [2.75, 3.05) is 5.32 Å². The van der Waals surface area contributed by atoms with Crippen LogP contribution in [0.5, 0.6) is 0 Å². The predicted octanol–water partition coefficient (Wildman–Crippen LogP) is 2.16. The first kappa shape index (κ1) is 18.2. The monoisotopic (exact) mass is 351 g/mol. The lowest BCUT2D eigenvalue weighted by Crippen LogP contribution is -2.41. The summed E-state index contributed by atoms with van der Waals surface area (Å²) >= 11 is 0. The molecule has 1 atom stereocenters. The summed E-state index contributed by atoms with van der Waals surface area (Å²) in [5.41, 5.74) is 1.96. The summed E-state index contributed by atoms with van der Waals surface area (Å²) in [6.45, 7) is 6.54. The van der Waals surface area contributed by atoms with Crippen LogP contribution in [0.3, 0.4) is 0 Å². The fourth-order valence-electron chi connectivity index (χ4n) is 2.32. The molecule has 7 nitrogen and oxygen atoms in total. The van der Waals surface area contributed by atoms with E-state index in [0.29, 0.717) is 5.69 Å². The number of carbonyl (C=O) groups is 1. The number of nitrogens with one attached hydrogen (secondary N) is 2. The van der Waals surface area contributed by atoms with Gasteiger partial charge in [-0.1, -0.05) is 24.2 Å². The summed E-state index contributed by atoms with van der Waals surface area (Å²) < 4.78 is 32.0. The molecule has 0 saturated heterocycles. The van der Waals surface area contributed by atoms with E-state index in [0.717, 1.165) is 12.0 Å². The number of sulfonamides is 1. The van der Waals surface area contributed by atoms with Gasteiger partial charge in [0.05, 0.1) is 6.04 Å². The van der Waals surface area contributed by atoms with Gasteiger partial charge in [0.2, 0.25) is 15.9 Å². The SMILES string of the molecule is CCc1cccc(NC(=O)C(C)NS(=O)(=O)c2c(C)noc2C)c1. The minimum absolute atomic E-state index is 0.0323. The zero-order valence-electron chi connectivity index (χ0n) is 14.1. The van der Waals surface area contributed by atoms with Crippen molar-refractivity contribution in [2.24, 2.45) is 0 Å². The molecule has 130 valence electrons. The zero-order valence-corrected chi connectivity index (χ0v) is 14.9. The van der Waals surface area contributed by atoms with E-state index in [1.54, 1.807) is 6.07 Å². The Bertz CT molecular complexity index is 823. The molecular weight excluding hydrogens is 330 g/mol. The molecule has 1 unspecified atom stereocenters. The first-order valence-corrected chi connectivity index (χ1v) is 9.08. The van der Waals surface area contributed by atoms with Crippen molar-refractivity contribution in [1.29, 1.82) is 0 Å². The van der Waals surface area contributed by atoms with Gasteiger partial charge in [-0.15, -0.1) is 0 Å². The van der Waals surface area contributed by atoms with Crippen molar-refractivity contribution >= 4 is 21.6 Å². The maximum absolute atomic E-state index is 12.4. The molecule has 0 aliphatic carbocycles. The highest BCUT2D eigenvalue weighted by Gasteiger charge is 2.28. The first-order valence-electron chi connectivity index (χ1n) is 7.59. The number of hydrogen-bond donors (Lipinski definition) is 2. The lowest BCUT2D eigenvalue weighted by Gasteiger charge is -2.14. The van der Waals surface area contributed by atoms with Gasteiger partial charge in [-0.2, -0.15) is 4.72 Å². The van der Waals surface area contributed by atoms with Crippen LogP contribution in [0, 0.1) is 13.8 Å². The van der Waals surface area contributed by atoms with Crippen molar-refractivity contribution in [1.82, 2.24) is 9.88 Å². The molecule has 0 spiro atoms. The fraction of sp³-hybridized carbons (Fsp3) is 0.375. The second kappa shape index (κ2) is 7.14. The van der Waals surface area contributed by atoms with E-state index < -0.39 is 22.0 Å². The Hall–Kier alpha value is -2.19. The molecule has 2 rings (SSSR count). The molecule has 2 aromatic rings. The predicted molar refractivity (Wildman–Crippen MR) is 90.2 cm³/mol. The van der Waals surface area contributed by atoms with E-state index in [1.165, 1.54) is 20.8 Å². The third-order valence-corrected chi connectivity index (χ3v) is 5.35. The standard InChI is InChI=1S/C16H21N3O4S/c1-5-13-7-6-8-14(9-13)17-16(20)11(3)19-24(21,22)15-10(2)18-23-12(15)4/h6-9,11,19H,5H2,1-4H3,(H,17,20). The largest absolute Gasteiger partial charge is 0.360 e. The number of nitrogens with zero attached hydrogens (tertiary/aromatic N) is 1. The number of rotatable bonds is 6. The van der Waals surface area contributed by atoms with Crippen molar-refractivity contribution in [3.8, 4) is 0 Å². The van der Waals surface area contributed by atoms with E-state index in [9.17, 15) is 13.2 Å². The molecule has 2 N–H and O–H groups in total. The minimum atomic E-state index is -3.89. The second-order valence-electron chi connectivity index (χ2n) is 5.54. The number of carbonyl (C=O) groups excluding carboxylic acids is 1. The highest BCUT2D eigenvalue weighted by Crippen LogP contribution is 2.19. The molecule has 0 saturated carbocycles. The van der Waals surface area contributed by atoms with E-state index in [-0.39, 0.29) is 16.3 Å². The van der Waals surface area contributed by atoms with Gasteiger partial charge in [-0.3, -0.25) is 4.79 Å². The Morgan fingerprint density at radius 3 is 2.62 bits per heavy atom. The molecule has 1 aromatic heterocycles. The average molecular weight is 351 g/mol. The van der Waals surface area contributed by atoms with Gasteiger partial charge in [-0.05, 0) is 44.9 Å². The third-order valence-electron chi connectivity index (χ3n) is 3.56. The number of aromatic nitrogens is 1. The van der Waals surface area contributed by atoms with E-state index >= 15 is 0 Å². The van der Waals surface area contributed by atoms with Gasteiger partial charge in [-0.25, -0.2) is 8.42 Å². The Morgan fingerprint density at radius 2 is 2.04 bits per heavy atom. The smallest absolute Gasteiger partial charge is 0.246 e. The van der Waals surface area contributed by atoms with Crippen LogP contribution in [0.25, 0.3) is 0 Å². The molecule has 0 bridgehead atoms. The molecular formula is C16H21N3O4S. The molecule has 24 heavy (non-hydrogen) atoms. The number of amides is 1. The van der Waals surface area contributed by atoms with E-state index in [4.69, 9.17) is 4.52 Å². The lowest BCUT2D eigenvalue weighted by atomic mass is 10.1.